The first-order valence-electron chi connectivity index (χ1n) is 27.6. The van der Waals surface area contributed by atoms with Crippen molar-refractivity contribution in [2.75, 3.05) is 89.5 Å². The maximum absolute atomic E-state index is 15.1. The lowest BCUT2D eigenvalue weighted by Gasteiger charge is -2.43. The number of nitrogens with zero attached hydrogens (tertiary/aromatic N) is 4. The molecule has 7 atom stereocenters. The Bertz CT molecular complexity index is 2910. The molecule has 3 saturated heterocycles. The number of rotatable bonds is 19. The summed E-state index contributed by atoms with van der Waals surface area (Å²) in [7, 11) is 1.66. The van der Waals surface area contributed by atoms with Crippen LogP contribution in [0.25, 0.3) is 0 Å². The van der Waals surface area contributed by atoms with E-state index in [1.165, 1.54) is 23.1 Å². The fraction of sp³-hybridized carbons (Fsp3) is 0.500. The van der Waals surface area contributed by atoms with E-state index in [4.69, 9.17) is 9.47 Å². The zero-order valence-corrected chi connectivity index (χ0v) is 47.0. The molecule has 4 N–H and O–H groups in total. The number of carbonyl (C=O) groups excluding carboxylic acids is 6. The van der Waals surface area contributed by atoms with Gasteiger partial charge in [-0.3, -0.25) is 38.6 Å². The molecule has 4 amide bonds. The van der Waals surface area contributed by atoms with Crippen LogP contribution in [0.2, 0.25) is 0 Å². The van der Waals surface area contributed by atoms with Crippen LogP contribution in [0.1, 0.15) is 86.4 Å². The van der Waals surface area contributed by atoms with E-state index in [2.05, 4.69) is 44.9 Å². The van der Waals surface area contributed by atoms with E-state index in [9.17, 15) is 33.2 Å². The molecule has 0 radical (unpaired) electrons. The van der Waals surface area contributed by atoms with Crippen molar-refractivity contribution in [1.82, 2.24) is 30.7 Å². The number of carbonyl (C=O) groups is 6. The van der Waals surface area contributed by atoms with Gasteiger partial charge >= 0.3 is 0 Å². The van der Waals surface area contributed by atoms with Crippen molar-refractivity contribution in [3.05, 3.63) is 130 Å². The van der Waals surface area contributed by atoms with E-state index in [-0.39, 0.29) is 98.8 Å². The molecule has 430 valence electrons. The number of hydrogen-bond acceptors (Lipinski definition) is 12. The fourth-order valence-corrected chi connectivity index (χ4v) is 12.0. The topological polar surface area (TPSA) is 182 Å². The van der Waals surface area contributed by atoms with Gasteiger partial charge in [-0.2, -0.15) is 0 Å². The minimum absolute atomic E-state index is 0. The van der Waals surface area contributed by atoms with Crippen LogP contribution in [0, 0.1) is 29.3 Å². The lowest BCUT2D eigenvalue weighted by Crippen LogP contribution is -2.62. The van der Waals surface area contributed by atoms with Gasteiger partial charge in [0.05, 0.1) is 37.8 Å². The lowest BCUT2D eigenvalue weighted by atomic mass is 9.81. The molecule has 0 spiro atoms. The number of para-hydroxylation sites is 1. The highest BCUT2D eigenvalue weighted by Crippen LogP contribution is 2.43. The standard InChI is InChI=1S/C60H73F3N8O8.ClH/c1-36-30-69(45(28-65-36)32-68-19-22-79-34-37(68)2)33-54(74)71-35-60(4,49-16-12-40(26-52(49)71)23-39-10-14-44(61)15-11-39)59(77)66-29-46(72)24-41-9-13-43-31-70(56(47(43)25-41)57(75)67-55-50(62)7-6-8-51(55)63)58(76)48(27-53(73)38(3)64-5)42-17-20-78-21-18-42;/h6-16,25-26,36-38,42,45,48,56,64-65H,17-24,27-35H2,1-5H3,(H,66,77)(H,67,75);1H/t36-,37-,38+,45-,48+,56+,60?;/m1./s1. The number of likely N-dealkylation sites (N-methyl/N-ethyl adjacent to an activating group) is 1. The second-order valence-electron chi connectivity index (χ2n) is 22.4. The number of piperazine rings is 1. The molecule has 4 aromatic rings. The molecule has 20 heteroatoms. The minimum atomic E-state index is -1.38. The summed E-state index contributed by atoms with van der Waals surface area (Å²) in [6.07, 6.45) is 1.22. The summed E-state index contributed by atoms with van der Waals surface area (Å²) in [5, 5.41) is 11.8. The number of benzene rings is 4. The van der Waals surface area contributed by atoms with Crippen LogP contribution >= 0.6 is 12.4 Å². The van der Waals surface area contributed by atoms with Crippen LogP contribution < -0.4 is 26.2 Å². The summed E-state index contributed by atoms with van der Waals surface area (Å²) in [4.78, 5) is 93.8. The molecule has 1 unspecified atom stereocenters. The van der Waals surface area contributed by atoms with E-state index in [1.54, 1.807) is 56.1 Å². The van der Waals surface area contributed by atoms with Crippen LogP contribution in [0.5, 0.6) is 0 Å². The first kappa shape index (κ1) is 60.0. The van der Waals surface area contributed by atoms with Gasteiger partial charge in [0, 0.05) is 95.1 Å². The van der Waals surface area contributed by atoms with Gasteiger partial charge in [-0.15, -0.1) is 12.4 Å². The average molecular weight is 1130 g/mol. The number of amides is 4. The van der Waals surface area contributed by atoms with Crippen molar-refractivity contribution in [3.8, 4) is 0 Å². The predicted molar refractivity (Wildman–Crippen MR) is 299 cm³/mol. The number of morpholine rings is 1. The summed E-state index contributed by atoms with van der Waals surface area (Å²) in [5.74, 6) is -5.92. The summed E-state index contributed by atoms with van der Waals surface area (Å²) in [6.45, 7) is 12.5. The third-order valence-electron chi connectivity index (χ3n) is 16.8. The molecule has 0 saturated carbocycles. The number of hydrogen-bond donors (Lipinski definition) is 4. The lowest BCUT2D eigenvalue weighted by molar-refractivity contribution is -0.146. The Labute approximate surface area is 472 Å². The van der Waals surface area contributed by atoms with Crippen LogP contribution in [-0.2, 0) is 63.0 Å². The van der Waals surface area contributed by atoms with Gasteiger partial charge in [-0.1, -0.05) is 48.5 Å². The molecule has 0 bridgehead atoms. The number of ketones is 2. The van der Waals surface area contributed by atoms with Crippen LogP contribution in [0.3, 0.4) is 0 Å². The largest absolute Gasteiger partial charge is 0.381 e. The van der Waals surface area contributed by atoms with Crippen molar-refractivity contribution in [1.29, 1.82) is 0 Å². The number of anilines is 2. The van der Waals surface area contributed by atoms with Crippen molar-refractivity contribution in [2.24, 2.45) is 11.8 Å². The molecule has 0 aromatic heterocycles. The number of halogens is 4. The Morgan fingerprint density at radius 1 is 0.863 bits per heavy atom. The van der Waals surface area contributed by atoms with Gasteiger partial charge < -0.3 is 40.5 Å². The molecule has 5 aliphatic rings. The van der Waals surface area contributed by atoms with Crippen LogP contribution in [0.15, 0.2) is 78.9 Å². The van der Waals surface area contributed by atoms with Crippen LogP contribution in [0.4, 0.5) is 24.5 Å². The zero-order chi connectivity index (χ0) is 56.1. The number of ether oxygens (including phenoxy) is 2. The maximum Gasteiger partial charge on any atom is 0.252 e. The number of fused-ring (bicyclic) bond motifs is 2. The van der Waals surface area contributed by atoms with E-state index in [0.717, 1.165) is 36.3 Å². The van der Waals surface area contributed by atoms with Gasteiger partial charge in [0.15, 0.2) is 5.78 Å². The van der Waals surface area contributed by atoms with Crippen molar-refractivity contribution >= 4 is 59.0 Å². The smallest absolute Gasteiger partial charge is 0.252 e. The van der Waals surface area contributed by atoms with Crippen molar-refractivity contribution in [3.63, 3.8) is 0 Å². The zero-order valence-electron chi connectivity index (χ0n) is 46.2. The quantitative estimate of drug-likeness (QED) is 0.0906. The van der Waals surface area contributed by atoms with Gasteiger partial charge in [0.2, 0.25) is 17.7 Å². The number of nitrogens with one attached hydrogen (secondary N) is 4. The highest BCUT2D eigenvalue weighted by atomic mass is 35.5. The molecule has 5 aliphatic heterocycles. The molecule has 9 rings (SSSR count). The third kappa shape index (κ3) is 13.5. The monoisotopic (exact) mass is 1130 g/mol. The summed E-state index contributed by atoms with van der Waals surface area (Å²) < 4.78 is 55.3. The van der Waals surface area contributed by atoms with E-state index < -0.39 is 58.5 Å². The van der Waals surface area contributed by atoms with E-state index in [1.807, 2.05) is 18.2 Å². The Morgan fingerprint density at radius 2 is 1.57 bits per heavy atom. The molecule has 4 aromatic carbocycles. The van der Waals surface area contributed by atoms with Gasteiger partial charge in [0.1, 0.15) is 35.0 Å². The molecule has 16 nitrogen and oxygen atoms in total. The fourth-order valence-electron chi connectivity index (χ4n) is 12.0. The van der Waals surface area contributed by atoms with Crippen LogP contribution in [-0.4, -0.2) is 153 Å². The Kier molecular flexibility index (Phi) is 19.7. The third-order valence-corrected chi connectivity index (χ3v) is 16.8. The van der Waals surface area contributed by atoms with Gasteiger partial charge in [-0.25, -0.2) is 13.2 Å². The summed E-state index contributed by atoms with van der Waals surface area (Å²) in [5.41, 5.74) is 2.41. The van der Waals surface area contributed by atoms with Crippen molar-refractivity contribution in [2.45, 2.75) is 102 Å². The molecular formula is C60H74ClF3N8O8. The number of Topliss-reactive ketones (excluding diaryl/α,β-unsaturated/α-hetero) is 2. The first-order chi connectivity index (χ1) is 37.9. The molecule has 0 aliphatic carbocycles. The second-order valence-corrected chi connectivity index (χ2v) is 22.4. The average Bonchev–Trinajstić information content (AvgIpc) is 4.17. The molecule has 5 heterocycles. The normalized spacial score (nSPS) is 23.1. The summed E-state index contributed by atoms with van der Waals surface area (Å²) >= 11 is 0. The SMILES string of the molecule is CN[C@@H](C)C(=O)C[C@H](C(=O)N1Cc2ccc(CC(=O)CNC(=O)C3(C)CN(C(=O)CN4C[C@@H](C)NC[C@@H]4CN4CCOC[C@H]4C)c4cc(Cc5ccc(F)cc5)ccc43)cc2[C@H]1C(=O)Nc1c(F)cccc1F)C1CCOCC1.Cl. The highest BCUT2D eigenvalue weighted by Gasteiger charge is 2.48. The van der Waals surface area contributed by atoms with Crippen molar-refractivity contribution < 1.29 is 51.4 Å². The second kappa shape index (κ2) is 26.2. The van der Waals surface area contributed by atoms with Gasteiger partial charge in [-0.05, 0) is 124 Å². The van der Waals surface area contributed by atoms with E-state index in [0.29, 0.717) is 86.7 Å². The Morgan fingerprint density at radius 3 is 2.29 bits per heavy atom. The predicted octanol–water partition coefficient (Wildman–Crippen LogP) is 5.66. The Balaban J connectivity index is 0.00000841. The molecule has 3 fully saturated rings. The first-order valence-corrected chi connectivity index (χ1v) is 27.6. The highest BCUT2D eigenvalue weighted by molar-refractivity contribution is 6.04. The molecule has 80 heavy (non-hydrogen) atoms. The minimum Gasteiger partial charge on any atom is -0.381 e. The van der Waals surface area contributed by atoms with Gasteiger partial charge in [0.25, 0.3) is 5.91 Å². The van der Waals surface area contributed by atoms with E-state index >= 15 is 8.78 Å². The maximum atomic E-state index is 15.1. The molecular weight excluding hydrogens is 1050 g/mol. The summed E-state index contributed by atoms with van der Waals surface area (Å²) in [6, 6.07) is 18.7. The Hall–Kier alpha value is -6.06.